The molecule has 6 aliphatic rings. The third kappa shape index (κ3) is 4.65. The molecule has 0 spiro atoms. The highest BCUT2D eigenvalue weighted by atomic mass is 16.5. The van der Waals surface area contributed by atoms with Crippen molar-refractivity contribution in [2.75, 3.05) is 32.0 Å². The Bertz CT molecular complexity index is 1680. The average molecular weight is 669 g/mol. The van der Waals surface area contributed by atoms with Crippen LogP contribution in [-0.4, -0.2) is 52.5 Å². The molecule has 49 heavy (non-hydrogen) atoms. The number of nitrogens with two attached hydrogens (primary N) is 1. The number of ether oxygens (including phenoxy) is 1. The zero-order valence-electron chi connectivity index (χ0n) is 31.2. The Labute approximate surface area is 293 Å². The average Bonchev–Trinajstić information content (AvgIpc) is 3.42. The molecule has 4 N–H and O–H groups in total. The van der Waals surface area contributed by atoms with E-state index in [1.165, 1.54) is 46.4 Å². The number of fused-ring (bicyclic) bond motifs is 8. The molecule has 1 aliphatic heterocycles. The number of nitrogen functional groups attached to an aromatic ring is 1. The highest BCUT2D eigenvalue weighted by Crippen LogP contribution is 2.77. The van der Waals surface area contributed by atoms with Gasteiger partial charge in [-0.05, 0) is 114 Å². The molecule has 7 atom stereocenters. The highest BCUT2D eigenvalue weighted by molar-refractivity contribution is 5.80. The Morgan fingerprint density at radius 3 is 2.37 bits per heavy atom. The molecule has 3 saturated carbocycles. The van der Waals surface area contributed by atoms with E-state index in [4.69, 9.17) is 10.5 Å². The van der Waals surface area contributed by atoms with Gasteiger partial charge in [-0.2, -0.15) is 5.10 Å². The first-order valence-electron chi connectivity index (χ1n) is 19.3. The maximum atomic E-state index is 13.5. The third-order valence-corrected chi connectivity index (χ3v) is 16.2. The molecular formula is C42H60N4O3. The minimum atomic E-state index is -0.677. The zero-order valence-corrected chi connectivity index (χ0v) is 31.2. The van der Waals surface area contributed by atoms with Crippen LogP contribution >= 0.6 is 0 Å². The number of nitrogens with zero attached hydrogens (tertiary/aromatic N) is 2. The van der Waals surface area contributed by atoms with Gasteiger partial charge in [-0.3, -0.25) is 14.8 Å². The molecule has 7 heteroatoms. The summed E-state index contributed by atoms with van der Waals surface area (Å²) in [5.74, 6) is 1.09. The number of aliphatic carboxylic acids is 1. The summed E-state index contributed by atoms with van der Waals surface area (Å²) >= 11 is 0. The quantitative estimate of drug-likeness (QED) is 0.303. The number of morpholine rings is 1. The first kappa shape index (κ1) is 33.5. The van der Waals surface area contributed by atoms with Crippen LogP contribution in [0.5, 0.6) is 0 Å². The maximum absolute atomic E-state index is 13.5. The van der Waals surface area contributed by atoms with Crippen LogP contribution in [0.15, 0.2) is 29.8 Å². The second-order valence-corrected chi connectivity index (χ2v) is 19.3. The van der Waals surface area contributed by atoms with Crippen molar-refractivity contribution < 1.29 is 14.6 Å². The second-order valence-electron chi connectivity index (χ2n) is 19.3. The highest BCUT2D eigenvalue weighted by Gasteiger charge is 2.70. The molecule has 5 aliphatic carbocycles. The van der Waals surface area contributed by atoms with E-state index in [0.717, 1.165) is 77.8 Å². The molecule has 2 aromatic rings. The van der Waals surface area contributed by atoms with Gasteiger partial charge < -0.3 is 15.6 Å². The van der Waals surface area contributed by atoms with E-state index in [2.05, 4.69) is 87.8 Å². The molecule has 1 aromatic heterocycles. The normalized spacial score (nSPS) is 39.6. The van der Waals surface area contributed by atoms with Gasteiger partial charge in [-0.25, -0.2) is 0 Å². The summed E-state index contributed by atoms with van der Waals surface area (Å²) in [4.78, 5) is 16.0. The van der Waals surface area contributed by atoms with Crippen LogP contribution in [0.25, 0.3) is 5.57 Å². The number of nitrogens with one attached hydrogen (secondary N) is 1. The molecule has 7 unspecified atom stereocenters. The summed E-state index contributed by atoms with van der Waals surface area (Å²) in [5, 5.41) is 19.0. The number of aromatic amines is 1. The number of allylic oxidation sites excluding steroid dienone is 2. The number of rotatable bonds is 4. The van der Waals surface area contributed by atoms with E-state index in [0.29, 0.717) is 17.7 Å². The van der Waals surface area contributed by atoms with Crippen molar-refractivity contribution >= 4 is 17.4 Å². The Hall–Kier alpha value is -2.64. The number of aromatic nitrogens is 2. The molecule has 7 nitrogen and oxygen atoms in total. The molecule has 0 amide bonds. The van der Waals surface area contributed by atoms with Gasteiger partial charge in [0.2, 0.25) is 0 Å². The fourth-order valence-corrected chi connectivity index (χ4v) is 13.3. The summed E-state index contributed by atoms with van der Waals surface area (Å²) in [7, 11) is 0. The number of anilines is 1. The number of carboxylic acids is 1. The van der Waals surface area contributed by atoms with Gasteiger partial charge in [-0.1, -0.05) is 78.3 Å². The summed E-state index contributed by atoms with van der Waals surface area (Å²) in [6.45, 7) is 21.9. The molecule has 266 valence electrons. The van der Waals surface area contributed by atoms with Crippen molar-refractivity contribution in [3.63, 3.8) is 0 Å². The minimum absolute atomic E-state index is 0.0325. The summed E-state index contributed by atoms with van der Waals surface area (Å²) < 4.78 is 5.61. The van der Waals surface area contributed by atoms with E-state index in [-0.39, 0.29) is 33.0 Å². The van der Waals surface area contributed by atoms with Gasteiger partial charge in [0, 0.05) is 36.3 Å². The lowest BCUT2D eigenvalue weighted by Gasteiger charge is -2.71. The van der Waals surface area contributed by atoms with E-state index in [9.17, 15) is 9.90 Å². The van der Waals surface area contributed by atoms with Crippen LogP contribution in [0.1, 0.15) is 122 Å². The van der Waals surface area contributed by atoms with Crippen molar-refractivity contribution in [2.24, 2.45) is 44.8 Å². The van der Waals surface area contributed by atoms with Crippen molar-refractivity contribution in [1.82, 2.24) is 15.1 Å². The monoisotopic (exact) mass is 668 g/mol. The van der Waals surface area contributed by atoms with Crippen LogP contribution in [0.2, 0.25) is 0 Å². The number of H-pyrrole nitrogens is 1. The number of carboxylic acid groups (broad SMARTS) is 1. The van der Waals surface area contributed by atoms with E-state index in [1.807, 2.05) is 0 Å². The molecule has 1 aromatic carbocycles. The van der Waals surface area contributed by atoms with E-state index in [1.54, 1.807) is 0 Å². The van der Waals surface area contributed by atoms with Gasteiger partial charge >= 0.3 is 5.97 Å². The van der Waals surface area contributed by atoms with E-state index >= 15 is 0 Å². The second kappa shape index (κ2) is 10.9. The lowest BCUT2D eigenvalue weighted by Crippen LogP contribution is -2.65. The van der Waals surface area contributed by atoms with Crippen LogP contribution in [0.4, 0.5) is 5.82 Å². The third-order valence-electron chi connectivity index (χ3n) is 16.2. The fourth-order valence-electron chi connectivity index (χ4n) is 13.3. The number of carbonyl (C=O) groups is 1. The lowest BCUT2D eigenvalue weighted by molar-refractivity contribution is -0.175. The number of hydrogen-bond acceptors (Lipinski definition) is 5. The van der Waals surface area contributed by atoms with Gasteiger partial charge in [0.15, 0.2) is 0 Å². The number of benzene rings is 1. The predicted octanol–water partition coefficient (Wildman–Crippen LogP) is 8.25. The maximum Gasteiger partial charge on any atom is 0.310 e. The first-order chi connectivity index (χ1) is 23.1. The minimum Gasteiger partial charge on any atom is -0.481 e. The van der Waals surface area contributed by atoms with Gasteiger partial charge in [0.05, 0.1) is 18.6 Å². The van der Waals surface area contributed by atoms with Gasteiger partial charge in [0.1, 0.15) is 5.82 Å². The standard InChI is InChI=1S/C42H60N4O3/c1-37(2)14-16-42(36(47)48)17-15-41(7)33(30(42)24-37)28(27-10-8-26(9-11-27)25-46-18-20-49-21-19-46)22-32-39(5)23-29-34(44-45-35(29)43)38(3,4)31(39)12-13-40(32,41)6/h8-11,30-32H,12-25H2,1-7H3,(H,47,48)(H3,43,44,45). The lowest BCUT2D eigenvalue weighted by atomic mass is 9.33. The summed E-state index contributed by atoms with van der Waals surface area (Å²) in [6.07, 6.45) is 8.72. The molecule has 0 bridgehead atoms. The van der Waals surface area contributed by atoms with Crippen molar-refractivity contribution in [3.8, 4) is 0 Å². The van der Waals surface area contributed by atoms with Crippen LogP contribution in [0.3, 0.4) is 0 Å². The Kier molecular flexibility index (Phi) is 7.47. The number of hydrogen-bond donors (Lipinski definition) is 3. The fraction of sp³-hybridized carbons (Fsp3) is 0.714. The molecule has 2 heterocycles. The Morgan fingerprint density at radius 1 is 0.980 bits per heavy atom. The van der Waals surface area contributed by atoms with Crippen LogP contribution in [0, 0.1) is 44.8 Å². The van der Waals surface area contributed by atoms with Crippen LogP contribution in [-0.2, 0) is 27.9 Å². The SMILES string of the molecule is CC1(C)CCC2(C(=O)O)CCC3(C)C(=C(c4ccc(CN5CCOCC5)cc4)CC4C5(C)Cc6c(N)n[nH]c6C(C)(C)C5CCC43C)C2C1. The summed E-state index contributed by atoms with van der Waals surface area (Å²) in [5.41, 5.74) is 14.1. The molecule has 8 rings (SSSR count). The molecule has 4 fully saturated rings. The van der Waals surface area contributed by atoms with E-state index < -0.39 is 11.4 Å². The zero-order chi connectivity index (χ0) is 34.8. The Morgan fingerprint density at radius 2 is 1.67 bits per heavy atom. The van der Waals surface area contributed by atoms with Crippen molar-refractivity contribution in [1.29, 1.82) is 0 Å². The van der Waals surface area contributed by atoms with Gasteiger partial charge in [0.25, 0.3) is 0 Å². The van der Waals surface area contributed by atoms with Gasteiger partial charge in [-0.15, -0.1) is 0 Å². The predicted molar refractivity (Wildman–Crippen MR) is 195 cm³/mol. The van der Waals surface area contributed by atoms with Crippen molar-refractivity contribution in [3.05, 3.63) is 52.2 Å². The Balaban J connectivity index is 1.30. The van der Waals surface area contributed by atoms with Crippen LogP contribution < -0.4 is 5.73 Å². The molecular weight excluding hydrogens is 608 g/mol. The molecule has 1 saturated heterocycles. The molecule has 0 radical (unpaired) electrons. The smallest absolute Gasteiger partial charge is 0.310 e. The topological polar surface area (TPSA) is 104 Å². The largest absolute Gasteiger partial charge is 0.481 e. The van der Waals surface area contributed by atoms with Crippen molar-refractivity contribution in [2.45, 2.75) is 118 Å². The first-order valence-corrected chi connectivity index (χ1v) is 19.3. The summed E-state index contributed by atoms with van der Waals surface area (Å²) in [6, 6.07) is 9.45.